The first kappa shape index (κ1) is 20.7. The van der Waals surface area contributed by atoms with E-state index in [1.165, 1.54) is 18.4 Å². The average Bonchev–Trinajstić information content (AvgIpc) is 2.79. The lowest BCUT2D eigenvalue weighted by molar-refractivity contribution is 0.0555. The van der Waals surface area contributed by atoms with Gasteiger partial charge in [-0.1, -0.05) is 48.5 Å². The number of nitrogens with zero attached hydrogens (tertiary/aromatic N) is 1. The number of ether oxygens (including phenoxy) is 2. The third-order valence-electron chi connectivity index (χ3n) is 6.04. The largest absolute Gasteiger partial charge is 0.497 e. The van der Waals surface area contributed by atoms with Crippen LogP contribution in [0.1, 0.15) is 18.4 Å². The minimum absolute atomic E-state index is 0.319. The van der Waals surface area contributed by atoms with Gasteiger partial charge in [0.15, 0.2) is 0 Å². The fraction of sp³-hybridized carbons (Fsp3) is 0.385. The minimum Gasteiger partial charge on any atom is -0.497 e. The van der Waals surface area contributed by atoms with Gasteiger partial charge in [-0.2, -0.15) is 0 Å². The van der Waals surface area contributed by atoms with Gasteiger partial charge in [-0.25, -0.2) is 0 Å². The molecule has 1 saturated heterocycles. The van der Waals surface area contributed by atoms with Crippen molar-refractivity contribution < 1.29 is 14.6 Å². The van der Waals surface area contributed by atoms with E-state index in [2.05, 4.69) is 35.2 Å². The van der Waals surface area contributed by atoms with Gasteiger partial charge >= 0.3 is 0 Å². The van der Waals surface area contributed by atoms with E-state index >= 15 is 0 Å². The number of hydrogen-bond donors (Lipinski definition) is 1. The molecular formula is C26H31NO3. The maximum absolute atomic E-state index is 10.5. The van der Waals surface area contributed by atoms with Gasteiger partial charge in [-0.15, -0.1) is 0 Å². The van der Waals surface area contributed by atoms with Crippen LogP contribution in [0.15, 0.2) is 66.7 Å². The number of rotatable bonds is 8. The number of benzene rings is 3. The van der Waals surface area contributed by atoms with Crippen LogP contribution in [0.5, 0.6) is 11.5 Å². The second-order valence-electron chi connectivity index (χ2n) is 8.24. The summed E-state index contributed by atoms with van der Waals surface area (Å²) in [4.78, 5) is 2.36. The zero-order valence-corrected chi connectivity index (χ0v) is 17.7. The van der Waals surface area contributed by atoms with Crippen molar-refractivity contribution in [1.29, 1.82) is 0 Å². The molecule has 4 rings (SSSR count). The summed E-state index contributed by atoms with van der Waals surface area (Å²) in [5, 5.41) is 12.8. The second-order valence-corrected chi connectivity index (χ2v) is 8.24. The van der Waals surface area contributed by atoms with E-state index < -0.39 is 6.10 Å². The summed E-state index contributed by atoms with van der Waals surface area (Å²) in [6.45, 7) is 3.05. The van der Waals surface area contributed by atoms with Crippen molar-refractivity contribution in [3.05, 3.63) is 72.3 Å². The molecule has 1 fully saturated rings. The van der Waals surface area contributed by atoms with Gasteiger partial charge in [-0.3, -0.25) is 0 Å². The van der Waals surface area contributed by atoms with Gasteiger partial charge in [0.25, 0.3) is 0 Å². The summed E-state index contributed by atoms with van der Waals surface area (Å²) in [5.41, 5.74) is 1.37. The van der Waals surface area contributed by atoms with Crippen LogP contribution in [-0.4, -0.2) is 49.5 Å². The summed E-state index contributed by atoms with van der Waals surface area (Å²) in [7, 11) is 1.70. The molecule has 0 amide bonds. The molecule has 158 valence electrons. The Bertz CT molecular complexity index is 927. The molecule has 1 heterocycles. The Kier molecular flexibility index (Phi) is 6.88. The lowest BCUT2D eigenvalue weighted by Crippen LogP contribution is -2.41. The number of likely N-dealkylation sites (tertiary alicyclic amines) is 1. The molecule has 0 aliphatic carbocycles. The minimum atomic E-state index is -0.484. The van der Waals surface area contributed by atoms with Crippen molar-refractivity contribution >= 4 is 10.8 Å². The SMILES string of the molecule is COc1ccc(CC2CCN(CC(O)COc3cccc4ccccc34)CC2)cc1. The first-order valence-electron chi connectivity index (χ1n) is 10.8. The van der Waals surface area contributed by atoms with Crippen LogP contribution in [0.2, 0.25) is 0 Å². The highest BCUT2D eigenvalue weighted by Gasteiger charge is 2.21. The fourth-order valence-electron chi connectivity index (χ4n) is 4.33. The molecule has 0 radical (unpaired) electrons. The van der Waals surface area contributed by atoms with Crippen LogP contribution in [0, 0.1) is 5.92 Å². The Hall–Kier alpha value is -2.56. The van der Waals surface area contributed by atoms with Crippen LogP contribution in [0.25, 0.3) is 10.8 Å². The molecule has 1 aliphatic heterocycles. The van der Waals surface area contributed by atoms with Crippen LogP contribution in [0.3, 0.4) is 0 Å². The van der Waals surface area contributed by atoms with E-state index in [-0.39, 0.29) is 0 Å². The molecule has 3 aromatic carbocycles. The zero-order valence-electron chi connectivity index (χ0n) is 17.7. The predicted octanol–water partition coefficient (Wildman–Crippen LogP) is 4.54. The van der Waals surface area contributed by atoms with E-state index in [4.69, 9.17) is 9.47 Å². The monoisotopic (exact) mass is 405 g/mol. The highest BCUT2D eigenvalue weighted by molar-refractivity contribution is 5.88. The summed E-state index contributed by atoms with van der Waals surface area (Å²) in [6, 6.07) is 22.6. The van der Waals surface area contributed by atoms with Crippen molar-refractivity contribution in [1.82, 2.24) is 4.90 Å². The van der Waals surface area contributed by atoms with Gasteiger partial charge in [0, 0.05) is 11.9 Å². The molecule has 1 aliphatic rings. The fourth-order valence-corrected chi connectivity index (χ4v) is 4.33. The maximum atomic E-state index is 10.5. The molecule has 0 bridgehead atoms. The normalized spacial score (nSPS) is 16.5. The van der Waals surface area contributed by atoms with Gasteiger partial charge in [0.2, 0.25) is 0 Å². The third-order valence-corrected chi connectivity index (χ3v) is 6.04. The number of fused-ring (bicyclic) bond motifs is 1. The van der Waals surface area contributed by atoms with Crippen LogP contribution < -0.4 is 9.47 Å². The van der Waals surface area contributed by atoms with Gasteiger partial charge in [0.05, 0.1) is 7.11 Å². The second kappa shape index (κ2) is 9.96. The van der Waals surface area contributed by atoms with E-state index in [1.54, 1.807) is 7.11 Å². The molecular weight excluding hydrogens is 374 g/mol. The Balaban J connectivity index is 1.21. The van der Waals surface area contributed by atoms with Gasteiger partial charge in [-0.05, 0) is 67.4 Å². The van der Waals surface area contributed by atoms with Crippen LogP contribution in [-0.2, 0) is 6.42 Å². The van der Waals surface area contributed by atoms with Gasteiger partial charge < -0.3 is 19.5 Å². The number of hydrogen-bond acceptors (Lipinski definition) is 4. The molecule has 0 spiro atoms. The van der Waals surface area contributed by atoms with Crippen molar-refractivity contribution in [2.45, 2.75) is 25.4 Å². The first-order chi connectivity index (χ1) is 14.7. The molecule has 1 N–H and O–H groups in total. The Morgan fingerprint density at radius 1 is 0.967 bits per heavy atom. The molecule has 4 nitrogen and oxygen atoms in total. The van der Waals surface area contributed by atoms with Crippen molar-refractivity contribution in [3.63, 3.8) is 0 Å². The summed E-state index contributed by atoms with van der Waals surface area (Å²) >= 11 is 0. The maximum Gasteiger partial charge on any atom is 0.127 e. The number of methoxy groups -OCH3 is 1. The van der Waals surface area contributed by atoms with Crippen molar-refractivity contribution in [2.75, 3.05) is 33.4 Å². The molecule has 4 heteroatoms. The molecule has 1 unspecified atom stereocenters. The topological polar surface area (TPSA) is 41.9 Å². The summed E-state index contributed by atoms with van der Waals surface area (Å²) < 4.78 is 11.2. The molecule has 0 saturated carbocycles. The highest BCUT2D eigenvalue weighted by Crippen LogP contribution is 2.26. The van der Waals surface area contributed by atoms with Crippen LogP contribution >= 0.6 is 0 Å². The van der Waals surface area contributed by atoms with E-state index in [0.717, 1.165) is 41.8 Å². The van der Waals surface area contributed by atoms with E-state index in [1.807, 2.05) is 36.4 Å². The number of aliphatic hydroxyl groups excluding tert-OH is 1. The Morgan fingerprint density at radius 3 is 2.47 bits per heavy atom. The zero-order chi connectivity index (χ0) is 20.8. The molecule has 1 atom stereocenters. The average molecular weight is 406 g/mol. The van der Waals surface area contributed by atoms with Crippen molar-refractivity contribution in [2.24, 2.45) is 5.92 Å². The number of aliphatic hydroxyl groups is 1. The van der Waals surface area contributed by atoms with E-state index in [9.17, 15) is 5.11 Å². The lowest BCUT2D eigenvalue weighted by atomic mass is 9.90. The third kappa shape index (κ3) is 5.32. The standard InChI is InChI=1S/C26H31NO3/c1-29-24-11-9-20(10-12-24)17-21-13-15-27(16-14-21)18-23(28)19-30-26-8-4-6-22-5-2-3-7-25(22)26/h2-12,21,23,28H,13-19H2,1H3. The van der Waals surface area contributed by atoms with Crippen LogP contribution in [0.4, 0.5) is 0 Å². The van der Waals surface area contributed by atoms with E-state index in [0.29, 0.717) is 19.1 Å². The molecule has 0 aromatic heterocycles. The smallest absolute Gasteiger partial charge is 0.127 e. The first-order valence-corrected chi connectivity index (χ1v) is 10.8. The number of β-amino-alcohol motifs (C(OH)–C–C–N with tert-alkyl or cyclic N) is 1. The highest BCUT2D eigenvalue weighted by atomic mass is 16.5. The number of piperidine rings is 1. The quantitative estimate of drug-likeness (QED) is 0.597. The Labute approximate surface area is 179 Å². The molecule has 3 aromatic rings. The summed E-state index contributed by atoms with van der Waals surface area (Å²) in [5.74, 6) is 2.46. The lowest BCUT2D eigenvalue weighted by Gasteiger charge is -2.33. The van der Waals surface area contributed by atoms with Gasteiger partial charge in [0.1, 0.15) is 24.2 Å². The Morgan fingerprint density at radius 2 is 1.70 bits per heavy atom. The summed E-state index contributed by atoms with van der Waals surface area (Å²) in [6.07, 6.45) is 2.97. The molecule has 30 heavy (non-hydrogen) atoms. The predicted molar refractivity (Wildman–Crippen MR) is 121 cm³/mol. The van der Waals surface area contributed by atoms with Crippen molar-refractivity contribution in [3.8, 4) is 11.5 Å².